The second kappa shape index (κ2) is 2.99. The summed E-state index contributed by atoms with van der Waals surface area (Å²) in [7, 11) is 1.31. The maximum Gasteiger partial charge on any atom is 0.0279 e. The lowest BCUT2D eigenvalue weighted by molar-refractivity contribution is 1.27. The van der Waals surface area contributed by atoms with Gasteiger partial charge in [-0.1, -0.05) is 0 Å². The minimum absolute atomic E-state index is 1.08. The maximum atomic E-state index is 4.71. The molecule has 1 nitrogen and oxygen atoms in total. The van der Waals surface area contributed by atoms with Crippen LogP contribution in [0, 0.1) is 0 Å². The molecule has 0 N–H and O–H groups in total. The van der Waals surface area contributed by atoms with E-state index < -0.39 is 0 Å². The second-order valence-corrected chi connectivity index (χ2v) is 2.40. The quantitative estimate of drug-likeness (QED) is 0.558. The van der Waals surface area contributed by atoms with Crippen LogP contribution in [-0.2, 0) is 0 Å². The molecule has 0 unspecified atom stereocenters. The highest BCUT2D eigenvalue weighted by atomic mass is 33.1. The third-order valence-corrected chi connectivity index (χ3v) is 1.79. The van der Waals surface area contributed by atoms with Gasteiger partial charge < -0.3 is 0 Å². The molecule has 1 rings (SSSR count). The highest BCUT2D eigenvalue weighted by Crippen LogP contribution is 2.18. The minimum Gasteiger partial charge on any atom is -0.265 e. The van der Waals surface area contributed by atoms with Gasteiger partial charge >= 0.3 is 0 Å². The molecule has 1 heterocycles. The lowest BCUT2D eigenvalue weighted by Gasteiger charge is -1.86. The molecule has 0 amide bonds. The molecule has 0 saturated carbocycles. The van der Waals surface area contributed by atoms with Gasteiger partial charge in [0, 0.05) is 17.3 Å². The van der Waals surface area contributed by atoms with E-state index in [1.54, 1.807) is 12.4 Å². The van der Waals surface area contributed by atoms with Crippen molar-refractivity contribution in [2.24, 2.45) is 0 Å². The molecule has 8 heavy (non-hydrogen) atoms. The molecule has 1 aromatic heterocycles. The zero-order chi connectivity index (χ0) is 5.82. The zero-order valence-electron chi connectivity index (χ0n) is 4.07. The second-order valence-electron chi connectivity index (χ2n) is 1.27. The van der Waals surface area contributed by atoms with Crippen molar-refractivity contribution < 1.29 is 0 Å². The van der Waals surface area contributed by atoms with E-state index in [1.807, 2.05) is 12.1 Å². The van der Waals surface area contributed by atoms with Crippen LogP contribution in [0.2, 0.25) is 0 Å². The van der Waals surface area contributed by atoms with E-state index in [4.69, 9.17) is 11.7 Å². The highest BCUT2D eigenvalue weighted by Gasteiger charge is 1.83. The molecule has 1 radical (unpaired) electrons. The average Bonchev–Trinajstić information content (AvgIpc) is 1.90. The van der Waals surface area contributed by atoms with Crippen LogP contribution in [0.1, 0.15) is 0 Å². The van der Waals surface area contributed by atoms with Gasteiger partial charge in [-0.15, -0.1) is 0 Å². The molecular formula is C5H4NS2. The SMILES string of the molecule is [S]Sc1ccncc1. The highest BCUT2D eigenvalue weighted by molar-refractivity contribution is 8.68. The first-order valence-corrected chi connectivity index (χ1v) is 3.87. The Balaban J connectivity index is 2.83. The summed E-state index contributed by atoms with van der Waals surface area (Å²) in [5.41, 5.74) is 0. The summed E-state index contributed by atoms with van der Waals surface area (Å²) in [4.78, 5) is 4.91. The first-order valence-electron chi connectivity index (χ1n) is 2.13. The van der Waals surface area contributed by atoms with E-state index in [2.05, 4.69) is 4.98 Å². The van der Waals surface area contributed by atoms with E-state index in [1.165, 1.54) is 10.8 Å². The number of aromatic nitrogens is 1. The number of hydrogen-bond donors (Lipinski definition) is 0. The van der Waals surface area contributed by atoms with Gasteiger partial charge in [-0.3, -0.25) is 4.98 Å². The van der Waals surface area contributed by atoms with Crippen LogP contribution < -0.4 is 0 Å². The Kier molecular flexibility index (Phi) is 2.24. The standard InChI is InChI=1S/C5H4NS2/c7-8-5-1-3-6-4-2-5/h1-4H. The molecule has 0 fully saturated rings. The van der Waals surface area contributed by atoms with Crippen molar-refractivity contribution >= 4 is 22.5 Å². The van der Waals surface area contributed by atoms with E-state index in [9.17, 15) is 0 Å². The Morgan fingerprint density at radius 1 is 1.38 bits per heavy atom. The molecule has 0 bridgehead atoms. The molecule has 3 heteroatoms. The number of pyridine rings is 1. The first-order chi connectivity index (χ1) is 3.93. The predicted molar refractivity (Wildman–Crippen MR) is 37.7 cm³/mol. The summed E-state index contributed by atoms with van der Waals surface area (Å²) in [5.74, 6) is 0. The predicted octanol–water partition coefficient (Wildman–Crippen LogP) is 2.29. The maximum absolute atomic E-state index is 4.71. The zero-order valence-corrected chi connectivity index (χ0v) is 5.71. The van der Waals surface area contributed by atoms with Crippen molar-refractivity contribution in [3.63, 3.8) is 0 Å². The van der Waals surface area contributed by atoms with Crippen LogP contribution in [0.5, 0.6) is 0 Å². The molecule has 0 aromatic carbocycles. The molecule has 0 aliphatic rings. The Morgan fingerprint density at radius 3 is 2.38 bits per heavy atom. The fourth-order valence-electron chi connectivity index (χ4n) is 0.394. The van der Waals surface area contributed by atoms with Gasteiger partial charge in [-0.2, -0.15) is 0 Å². The average molecular weight is 142 g/mol. The summed E-state index contributed by atoms with van der Waals surface area (Å²) < 4.78 is 0. The van der Waals surface area contributed by atoms with Crippen LogP contribution in [-0.4, -0.2) is 4.98 Å². The monoisotopic (exact) mass is 142 g/mol. The van der Waals surface area contributed by atoms with E-state index in [0.29, 0.717) is 0 Å². The minimum atomic E-state index is 1.08. The summed E-state index contributed by atoms with van der Waals surface area (Å²) in [6, 6.07) is 3.77. The Hall–Kier alpha value is -0.150. The molecular weight excluding hydrogens is 138 g/mol. The van der Waals surface area contributed by atoms with Gasteiger partial charge in [0.15, 0.2) is 0 Å². The number of nitrogens with zero attached hydrogens (tertiary/aromatic N) is 1. The summed E-state index contributed by atoms with van der Waals surface area (Å²) >= 11 is 4.71. The van der Waals surface area contributed by atoms with Crippen LogP contribution in [0.3, 0.4) is 0 Å². The Morgan fingerprint density at radius 2 is 2.00 bits per heavy atom. The van der Waals surface area contributed by atoms with Crippen molar-refractivity contribution in [2.75, 3.05) is 0 Å². The van der Waals surface area contributed by atoms with Gasteiger partial charge in [-0.25, -0.2) is 0 Å². The van der Waals surface area contributed by atoms with Gasteiger partial charge in [0.05, 0.1) is 0 Å². The fraction of sp³-hybridized carbons (Fsp3) is 0. The van der Waals surface area contributed by atoms with Crippen molar-refractivity contribution in [1.82, 2.24) is 4.98 Å². The normalized spacial score (nSPS) is 9.12. The van der Waals surface area contributed by atoms with Gasteiger partial charge in [0.25, 0.3) is 0 Å². The number of rotatable bonds is 1. The molecule has 0 aliphatic carbocycles. The Bertz CT molecular complexity index is 152. The van der Waals surface area contributed by atoms with Gasteiger partial charge in [0.2, 0.25) is 0 Å². The van der Waals surface area contributed by atoms with Crippen molar-refractivity contribution in [2.45, 2.75) is 4.90 Å². The lowest BCUT2D eigenvalue weighted by Crippen LogP contribution is -1.66. The molecule has 0 spiro atoms. The van der Waals surface area contributed by atoms with E-state index >= 15 is 0 Å². The topological polar surface area (TPSA) is 12.9 Å². The lowest BCUT2D eigenvalue weighted by atomic mass is 10.5. The van der Waals surface area contributed by atoms with Crippen LogP contribution in [0.15, 0.2) is 29.4 Å². The van der Waals surface area contributed by atoms with Crippen LogP contribution in [0.25, 0.3) is 0 Å². The largest absolute Gasteiger partial charge is 0.265 e. The van der Waals surface area contributed by atoms with Crippen molar-refractivity contribution in [1.29, 1.82) is 0 Å². The summed E-state index contributed by atoms with van der Waals surface area (Å²) in [6.45, 7) is 0. The summed E-state index contributed by atoms with van der Waals surface area (Å²) in [5, 5.41) is 0. The first kappa shape index (κ1) is 5.98. The van der Waals surface area contributed by atoms with Crippen molar-refractivity contribution in [3.8, 4) is 0 Å². The van der Waals surface area contributed by atoms with E-state index in [-0.39, 0.29) is 0 Å². The molecule has 0 saturated heterocycles. The van der Waals surface area contributed by atoms with Gasteiger partial charge in [0.1, 0.15) is 0 Å². The molecule has 41 valence electrons. The van der Waals surface area contributed by atoms with Gasteiger partial charge in [-0.05, 0) is 34.6 Å². The smallest absolute Gasteiger partial charge is 0.0279 e. The van der Waals surface area contributed by atoms with Crippen LogP contribution in [0.4, 0.5) is 0 Å². The summed E-state index contributed by atoms with van der Waals surface area (Å²) in [6.07, 6.45) is 3.46. The fourth-order valence-corrected chi connectivity index (χ4v) is 0.960. The molecule has 1 aromatic rings. The number of hydrogen-bond acceptors (Lipinski definition) is 2. The third kappa shape index (κ3) is 1.42. The van der Waals surface area contributed by atoms with E-state index in [0.717, 1.165) is 4.90 Å². The molecule has 0 atom stereocenters. The molecule has 0 aliphatic heterocycles. The Labute approximate surface area is 57.3 Å². The van der Waals surface area contributed by atoms with Crippen molar-refractivity contribution in [3.05, 3.63) is 24.5 Å². The van der Waals surface area contributed by atoms with Crippen LogP contribution >= 0.6 is 22.5 Å². The third-order valence-electron chi connectivity index (χ3n) is 0.746.